The van der Waals surface area contributed by atoms with Gasteiger partial charge in [0.1, 0.15) is 5.82 Å². The van der Waals surface area contributed by atoms with Gasteiger partial charge in [0.2, 0.25) is 0 Å². The number of carbonyl (C=O) groups excluding carboxylic acids is 1. The largest absolute Gasteiger partial charge is 0.373 e. The maximum Gasteiger partial charge on any atom is 0.254 e. The molecule has 1 aliphatic heterocycles. The van der Waals surface area contributed by atoms with Crippen molar-refractivity contribution < 1.29 is 13.9 Å². The fourth-order valence-electron chi connectivity index (χ4n) is 3.46. The van der Waals surface area contributed by atoms with Gasteiger partial charge in [-0.3, -0.25) is 4.79 Å². The van der Waals surface area contributed by atoms with Gasteiger partial charge in [0.15, 0.2) is 0 Å². The van der Waals surface area contributed by atoms with Crippen LogP contribution in [0.2, 0.25) is 0 Å². The molecule has 0 radical (unpaired) electrons. The van der Waals surface area contributed by atoms with E-state index in [2.05, 4.69) is 4.90 Å². The third kappa shape index (κ3) is 3.94. The summed E-state index contributed by atoms with van der Waals surface area (Å²) < 4.78 is 19.6. The minimum Gasteiger partial charge on any atom is -0.373 e. The van der Waals surface area contributed by atoms with Crippen molar-refractivity contribution >= 4 is 5.91 Å². The molecule has 0 aliphatic carbocycles. The third-order valence-electron chi connectivity index (χ3n) is 4.70. The van der Waals surface area contributed by atoms with Crippen molar-refractivity contribution in [3.8, 4) is 0 Å². The van der Waals surface area contributed by atoms with Crippen molar-refractivity contribution in [2.45, 2.75) is 19.1 Å². The Morgan fingerprint density at radius 1 is 1.23 bits per heavy atom. The fourth-order valence-corrected chi connectivity index (χ4v) is 3.46. The molecule has 1 amide bonds. The highest BCUT2D eigenvalue weighted by molar-refractivity contribution is 5.94. The monoisotopic (exact) mass is 356 g/mol. The molecule has 1 aliphatic rings. The Morgan fingerprint density at radius 2 is 1.96 bits per heavy atom. The molecule has 2 aromatic rings. The highest BCUT2D eigenvalue weighted by Gasteiger charge is 2.37. The van der Waals surface area contributed by atoms with Gasteiger partial charge < -0.3 is 14.5 Å². The molecule has 0 unspecified atom stereocenters. The van der Waals surface area contributed by atoms with Crippen molar-refractivity contribution in [1.82, 2.24) is 9.80 Å². The average molecular weight is 356 g/mol. The van der Waals surface area contributed by atoms with Gasteiger partial charge >= 0.3 is 0 Å². The molecule has 2 atom stereocenters. The van der Waals surface area contributed by atoms with E-state index in [9.17, 15) is 9.18 Å². The molecule has 0 N–H and O–H groups in total. The lowest BCUT2D eigenvalue weighted by atomic mass is 9.96. The smallest absolute Gasteiger partial charge is 0.254 e. The van der Waals surface area contributed by atoms with Crippen molar-refractivity contribution in [3.63, 3.8) is 0 Å². The summed E-state index contributed by atoms with van der Waals surface area (Å²) in [5, 5.41) is 0. The van der Waals surface area contributed by atoms with Crippen LogP contribution in [0.25, 0.3) is 0 Å². The molecule has 1 fully saturated rings. The number of benzene rings is 2. The van der Waals surface area contributed by atoms with E-state index in [4.69, 9.17) is 4.74 Å². The van der Waals surface area contributed by atoms with E-state index in [0.29, 0.717) is 30.8 Å². The number of halogens is 1. The van der Waals surface area contributed by atoms with Crippen LogP contribution in [0, 0.1) is 12.7 Å². The van der Waals surface area contributed by atoms with Gasteiger partial charge in [-0.25, -0.2) is 4.39 Å². The van der Waals surface area contributed by atoms with Crippen LogP contribution in [-0.4, -0.2) is 55.6 Å². The number of aryl methyl sites for hydroxylation is 1. The zero-order valence-corrected chi connectivity index (χ0v) is 15.5. The first-order chi connectivity index (χ1) is 12.5. The first-order valence-electron chi connectivity index (χ1n) is 8.86. The first-order valence-corrected chi connectivity index (χ1v) is 8.86. The molecular weight excluding hydrogens is 331 g/mol. The quantitative estimate of drug-likeness (QED) is 0.843. The number of carbonyl (C=O) groups is 1. The summed E-state index contributed by atoms with van der Waals surface area (Å²) in [4.78, 5) is 17.1. The summed E-state index contributed by atoms with van der Waals surface area (Å²) in [6.07, 6.45) is -0.119. The Morgan fingerprint density at radius 3 is 2.62 bits per heavy atom. The van der Waals surface area contributed by atoms with Crippen molar-refractivity contribution in [3.05, 3.63) is 71.0 Å². The maximum atomic E-state index is 13.6. The first kappa shape index (κ1) is 18.5. The van der Waals surface area contributed by atoms with Crippen LogP contribution >= 0.6 is 0 Å². The van der Waals surface area contributed by atoms with Crippen molar-refractivity contribution in [2.24, 2.45) is 0 Å². The summed E-state index contributed by atoms with van der Waals surface area (Å²) in [7, 11) is 3.99. The van der Waals surface area contributed by atoms with Crippen LogP contribution in [0.3, 0.4) is 0 Å². The van der Waals surface area contributed by atoms with Gasteiger partial charge in [0.05, 0.1) is 18.8 Å². The van der Waals surface area contributed by atoms with Gasteiger partial charge in [0, 0.05) is 18.7 Å². The number of morpholine rings is 1. The summed E-state index contributed by atoms with van der Waals surface area (Å²) in [6.45, 7) is 3.40. The highest BCUT2D eigenvalue weighted by Crippen LogP contribution is 2.31. The summed E-state index contributed by atoms with van der Waals surface area (Å²) in [5.41, 5.74) is 2.03. The molecule has 0 bridgehead atoms. The zero-order chi connectivity index (χ0) is 18.7. The Balaban J connectivity index is 1.96. The molecule has 4 nitrogen and oxygen atoms in total. The van der Waals surface area contributed by atoms with E-state index < -0.39 is 0 Å². The van der Waals surface area contributed by atoms with Gasteiger partial charge in [-0.1, -0.05) is 30.3 Å². The number of hydrogen-bond donors (Lipinski definition) is 0. The lowest BCUT2D eigenvalue weighted by molar-refractivity contribution is -0.0684. The molecular formula is C21H25FN2O2. The highest BCUT2D eigenvalue weighted by atomic mass is 19.1. The Labute approximate surface area is 154 Å². The summed E-state index contributed by atoms with van der Waals surface area (Å²) >= 11 is 0. The van der Waals surface area contributed by atoms with E-state index >= 15 is 0 Å². The van der Waals surface area contributed by atoms with Crippen LogP contribution < -0.4 is 0 Å². The Bertz CT molecular complexity index is 764. The molecule has 26 heavy (non-hydrogen) atoms. The molecule has 0 spiro atoms. The number of rotatable bonds is 4. The van der Waals surface area contributed by atoms with E-state index in [1.54, 1.807) is 19.1 Å². The van der Waals surface area contributed by atoms with Crippen LogP contribution in [0.4, 0.5) is 4.39 Å². The van der Waals surface area contributed by atoms with Gasteiger partial charge in [-0.15, -0.1) is 0 Å². The van der Waals surface area contributed by atoms with E-state index in [1.807, 2.05) is 49.3 Å². The topological polar surface area (TPSA) is 32.8 Å². The Kier molecular flexibility index (Phi) is 5.69. The Hall–Kier alpha value is -2.24. The van der Waals surface area contributed by atoms with Crippen LogP contribution in [0.1, 0.15) is 27.5 Å². The van der Waals surface area contributed by atoms with E-state index in [-0.39, 0.29) is 23.9 Å². The molecule has 5 heteroatoms. The van der Waals surface area contributed by atoms with Crippen LogP contribution in [-0.2, 0) is 4.74 Å². The van der Waals surface area contributed by atoms with Crippen LogP contribution in [0.5, 0.6) is 0 Å². The van der Waals surface area contributed by atoms with Crippen LogP contribution in [0.15, 0.2) is 48.5 Å². The molecule has 0 aromatic heterocycles. The summed E-state index contributed by atoms with van der Waals surface area (Å²) in [6, 6.07) is 14.3. The number of nitrogens with zero attached hydrogens (tertiary/aromatic N) is 2. The van der Waals surface area contributed by atoms with E-state index in [0.717, 1.165) is 5.56 Å². The number of amides is 1. The number of ether oxygens (including phenoxy) is 1. The lowest BCUT2D eigenvalue weighted by Gasteiger charge is -2.42. The van der Waals surface area contributed by atoms with E-state index in [1.165, 1.54) is 6.07 Å². The van der Waals surface area contributed by atoms with Crippen molar-refractivity contribution in [1.29, 1.82) is 0 Å². The molecule has 138 valence electrons. The lowest BCUT2D eigenvalue weighted by Crippen LogP contribution is -2.51. The molecule has 0 saturated carbocycles. The molecule has 3 rings (SSSR count). The number of hydrogen-bond acceptors (Lipinski definition) is 3. The van der Waals surface area contributed by atoms with Gasteiger partial charge in [-0.05, 0) is 50.3 Å². The minimum absolute atomic E-state index is 0.0889. The SMILES string of the molecule is Cc1cc(C(=O)N2CCO[C@@H](CN(C)C)[C@@H]2c2ccccc2)ccc1F. The maximum absolute atomic E-state index is 13.6. The predicted octanol–water partition coefficient (Wildman–Crippen LogP) is 3.28. The molecule has 1 heterocycles. The second-order valence-corrected chi connectivity index (χ2v) is 6.99. The standard InChI is InChI=1S/C21H25FN2O2/c1-15-13-17(9-10-18(15)22)21(25)24-11-12-26-19(14-23(2)3)20(24)16-7-5-4-6-8-16/h4-10,13,19-20H,11-12,14H2,1-3H3/t19-,20-/m0/s1. The van der Waals surface area contributed by atoms with Gasteiger partial charge in [-0.2, -0.15) is 0 Å². The molecule has 1 saturated heterocycles. The third-order valence-corrected chi connectivity index (χ3v) is 4.70. The normalized spacial score (nSPS) is 20.4. The minimum atomic E-state index is -0.298. The second kappa shape index (κ2) is 7.98. The number of likely N-dealkylation sites (N-methyl/N-ethyl adjacent to an activating group) is 1. The average Bonchev–Trinajstić information content (AvgIpc) is 2.63. The molecule has 2 aromatic carbocycles. The summed E-state index contributed by atoms with van der Waals surface area (Å²) in [5.74, 6) is -0.386. The van der Waals surface area contributed by atoms with Gasteiger partial charge in [0.25, 0.3) is 5.91 Å². The fraction of sp³-hybridized carbons (Fsp3) is 0.381. The predicted molar refractivity (Wildman–Crippen MR) is 99.7 cm³/mol. The zero-order valence-electron chi connectivity index (χ0n) is 15.5. The van der Waals surface area contributed by atoms with Crippen molar-refractivity contribution in [2.75, 3.05) is 33.8 Å². The second-order valence-electron chi connectivity index (χ2n) is 6.99.